The number of H-pyrrole nitrogens is 1. The SMILES string of the molecule is CC1(C)C(C(=O)O)C1c1nc(-c2ncn[nH]2)no1. The molecule has 1 fully saturated rings. The fourth-order valence-electron chi connectivity index (χ4n) is 2.33. The van der Waals surface area contributed by atoms with Crippen molar-refractivity contribution in [2.45, 2.75) is 19.8 Å². The van der Waals surface area contributed by atoms with Crippen LogP contribution >= 0.6 is 0 Å². The maximum atomic E-state index is 11.1. The Morgan fingerprint density at radius 2 is 2.33 bits per heavy atom. The van der Waals surface area contributed by atoms with Gasteiger partial charge in [-0.25, -0.2) is 4.98 Å². The fourth-order valence-corrected chi connectivity index (χ4v) is 2.33. The zero-order valence-corrected chi connectivity index (χ0v) is 9.78. The normalized spacial score (nSPS) is 25.0. The van der Waals surface area contributed by atoms with Gasteiger partial charge in [0.1, 0.15) is 6.33 Å². The van der Waals surface area contributed by atoms with E-state index < -0.39 is 11.9 Å². The lowest BCUT2D eigenvalue weighted by Gasteiger charge is -1.96. The second-order valence-electron chi connectivity index (χ2n) is 4.91. The Bertz CT molecular complexity index is 588. The molecule has 0 aromatic carbocycles. The van der Waals surface area contributed by atoms with Gasteiger partial charge in [-0.2, -0.15) is 10.1 Å². The molecule has 94 valence electrons. The van der Waals surface area contributed by atoms with Crippen LogP contribution < -0.4 is 0 Å². The minimum atomic E-state index is -0.843. The van der Waals surface area contributed by atoms with Crippen LogP contribution in [-0.4, -0.2) is 36.4 Å². The Morgan fingerprint density at radius 3 is 2.89 bits per heavy atom. The van der Waals surface area contributed by atoms with Crippen molar-refractivity contribution in [2.75, 3.05) is 0 Å². The van der Waals surface area contributed by atoms with E-state index in [1.165, 1.54) is 6.33 Å². The van der Waals surface area contributed by atoms with E-state index in [0.717, 1.165) is 0 Å². The number of carboxylic acid groups (broad SMARTS) is 1. The summed E-state index contributed by atoms with van der Waals surface area (Å²) < 4.78 is 5.12. The molecule has 0 amide bonds. The van der Waals surface area contributed by atoms with Crippen LogP contribution in [0.5, 0.6) is 0 Å². The van der Waals surface area contributed by atoms with Gasteiger partial charge in [-0.1, -0.05) is 19.0 Å². The molecule has 2 aromatic rings. The maximum Gasteiger partial charge on any atom is 0.307 e. The van der Waals surface area contributed by atoms with Crippen LogP contribution in [-0.2, 0) is 4.79 Å². The summed E-state index contributed by atoms with van der Waals surface area (Å²) in [6, 6.07) is 0. The summed E-state index contributed by atoms with van der Waals surface area (Å²) in [6.07, 6.45) is 1.34. The number of carboxylic acids is 1. The molecule has 0 saturated heterocycles. The number of rotatable bonds is 3. The van der Waals surface area contributed by atoms with Gasteiger partial charge in [-0.15, -0.1) is 0 Å². The standard InChI is InChI=1S/C10H11N5O3/c1-10(2)4(5(10)9(16)17)8-13-7(15-18-8)6-11-3-12-14-6/h3-5H,1-2H3,(H,16,17)(H,11,12,14). The minimum absolute atomic E-state index is 0.251. The van der Waals surface area contributed by atoms with Crippen molar-refractivity contribution in [3.05, 3.63) is 12.2 Å². The predicted octanol–water partition coefficient (Wildman–Crippen LogP) is 0.679. The first-order chi connectivity index (χ1) is 8.51. The van der Waals surface area contributed by atoms with Gasteiger partial charge in [0, 0.05) is 0 Å². The number of nitrogens with zero attached hydrogens (tertiary/aromatic N) is 4. The molecular weight excluding hydrogens is 238 g/mol. The van der Waals surface area contributed by atoms with Crippen LogP contribution in [0, 0.1) is 11.3 Å². The van der Waals surface area contributed by atoms with E-state index in [4.69, 9.17) is 9.63 Å². The Balaban J connectivity index is 1.90. The molecule has 8 nitrogen and oxygen atoms in total. The largest absolute Gasteiger partial charge is 0.481 e. The topological polar surface area (TPSA) is 118 Å². The van der Waals surface area contributed by atoms with Crippen molar-refractivity contribution in [1.82, 2.24) is 25.3 Å². The van der Waals surface area contributed by atoms with E-state index in [0.29, 0.717) is 11.7 Å². The molecule has 2 N–H and O–H groups in total. The summed E-state index contributed by atoms with van der Waals surface area (Å²) >= 11 is 0. The summed E-state index contributed by atoms with van der Waals surface area (Å²) in [4.78, 5) is 19.1. The van der Waals surface area contributed by atoms with Gasteiger partial charge in [0.2, 0.25) is 11.7 Å². The number of aliphatic carboxylic acids is 1. The lowest BCUT2D eigenvalue weighted by molar-refractivity contribution is -0.139. The highest BCUT2D eigenvalue weighted by atomic mass is 16.5. The highest BCUT2D eigenvalue weighted by molar-refractivity contribution is 5.77. The van der Waals surface area contributed by atoms with Gasteiger partial charge >= 0.3 is 5.97 Å². The summed E-state index contributed by atoms with van der Waals surface area (Å²) in [5, 5.41) is 19.2. The molecule has 0 aliphatic heterocycles. The van der Waals surface area contributed by atoms with Gasteiger partial charge in [0.25, 0.3) is 0 Å². The second-order valence-corrected chi connectivity index (χ2v) is 4.91. The molecular formula is C10H11N5O3. The van der Waals surface area contributed by atoms with E-state index in [9.17, 15) is 4.79 Å². The Kier molecular flexibility index (Phi) is 2.04. The third-order valence-electron chi connectivity index (χ3n) is 3.43. The van der Waals surface area contributed by atoms with Crippen molar-refractivity contribution in [1.29, 1.82) is 0 Å². The summed E-state index contributed by atoms with van der Waals surface area (Å²) in [6.45, 7) is 3.74. The van der Waals surface area contributed by atoms with Crippen molar-refractivity contribution in [3.8, 4) is 11.6 Å². The molecule has 8 heteroatoms. The van der Waals surface area contributed by atoms with E-state index >= 15 is 0 Å². The van der Waals surface area contributed by atoms with Crippen molar-refractivity contribution in [2.24, 2.45) is 11.3 Å². The molecule has 3 rings (SSSR count). The van der Waals surface area contributed by atoms with Gasteiger partial charge < -0.3 is 9.63 Å². The first-order valence-electron chi connectivity index (χ1n) is 5.44. The highest BCUT2D eigenvalue weighted by Crippen LogP contribution is 2.64. The minimum Gasteiger partial charge on any atom is -0.481 e. The molecule has 18 heavy (non-hydrogen) atoms. The molecule has 0 spiro atoms. The number of aromatic nitrogens is 5. The number of nitrogens with one attached hydrogen (secondary N) is 1. The number of aromatic amines is 1. The highest BCUT2D eigenvalue weighted by Gasteiger charge is 2.65. The molecule has 2 unspecified atom stereocenters. The van der Waals surface area contributed by atoms with Crippen molar-refractivity contribution >= 4 is 5.97 Å². The van der Waals surface area contributed by atoms with Crippen LogP contribution in [0.3, 0.4) is 0 Å². The van der Waals surface area contributed by atoms with Crippen molar-refractivity contribution < 1.29 is 14.4 Å². The number of carbonyl (C=O) groups is 1. The Labute approximate surface area is 101 Å². The first kappa shape index (κ1) is 10.9. The monoisotopic (exact) mass is 249 g/mol. The number of hydrogen-bond donors (Lipinski definition) is 2. The first-order valence-corrected chi connectivity index (χ1v) is 5.44. The molecule has 0 radical (unpaired) electrons. The smallest absolute Gasteiger partial charge is 0.307 e. The molecule has 2 atom stereocenters. The predicted molar refractivity (Wildman–Crippen MR) is 57.3 cm³/mol. The molecule has 2 heterocycles. The zero-order valence-electron chi connectivity index (χ0n) is 9.78. The Hall–Kier alpha value is -2.25. The van der Waals surface area contributed by atoms with Crippen LogP contribution in [0.4, 0.5) is 0 Å². The van der Waals surface area contributed by atoms with E-state index in [1.807, 2.05) is 13.8 Å². The summed E-state index contributed by atoms with van der Waals surface area (Å²) in [7, 11) is 0. The third-order valence-corrected chi connectivity index (χ3v) is 3.43. The lowest BCUT2D eigenvalue weighted by Crippen LogP contribution is -2.03. The van der Waals surface area contributed by atoms with Crippen LogP contribution in [0.2, 0.25) is 0 Å². The van der Waals surface area contributed by atoms with Gasteiger partial charge in [0.15, 0.2) is 5.82 Å². The van der Waals surface area contributed by atoms with Gasteiger partial charge in [0.05, 0.1) is 11.8 Å². The van der Waals surface area contributed by atoms with E-state index in [1.54, 1.807) is 0 Å². The molecule has 1 aliphatic carbocycles. The zero-order chi connectivity index (χ0) is 12.9. The van der Waals surface area contributed by atoms with E-state index in [-0.39, 0.29) is 17.2 Å². The second kappa shape index (κ2) is 3.37. The average molecular weight is 249 g/mol. The lowest BCUT2D eigenvalue weighted by atomic mass is 10.1. The third kappa shape index (κ3) is 1.41. The maximum absolute atomic E-state index is 11.1. The van der Waals surface area contributed by atoms with Crippen molar-refractivity contribution in [3.63, 3.8) is 0 Å². The van der Waals surface area contributed by atoms with E-state index in [2.05, 4.69) is 25.3 Å². The molecule has 1 aliphatic rings. The summed E-state index contributed by atoms with van der Waals surface area (Å²) in [5.41, 5.74) is -0.364. The fraction of sp³-hybridized carbons (Fsp3) is 0.500. The quantitative estimate of drug-likeness (QED) is 0.820. The summed E-state index contributed by atoms with van der Waals surface area (Å²) in [5.74, 6) is -0.562. The van der Waals surface area contributed by atoms with Crippen LogP contribution in [0.1, 0.15) is 25.7 Å². The molecule has 0 bridgehead atoms. The van der Waals surface area contributed by atoms with Gasteiger partial charge in [-0.05, 0) is 5.41 Å². The van der Waals surface area contributed by atoms with Gasteiger partial charge in [-0.3, -0.25) is 9.89 Å². The molecule has 1 saturated carbocycles. The Morgan fingerprint density at radius 1 is 1.56 bits per heavy atom. The average Bonchev–Trinajstić information content (AvgIpc) is 2.80. The van der Waals surface area contributed by atoms with Crippen LogP contribution in [0.25, 0.3) is 11.6 Å². The molecule has 2 aromatic heterocycles. The van der Waals surface area contributed by atoms with Crippen LogP contribution in [0.15, 0.2) is 10.9 Å². The number of hydrogen-bond acceptors (Lipinski definition) is 6.